The molecule has 0 aromatic rings. The molecule has 1 aliphatic carbocycles. The average molecular weight is 156 g/mol. The third-order valence-corrected chi connectivity index (χ3v) is 3.30. The number of ether oxygens (including phenoxy) is 1. The van der Waals surface area contributed by atoms with Crippen molar-refractivity contribution in [3.63, 3.8) is 0 Å². The van der Waals surface area contributed by atoms with Crippen LogP contribution in [0.25, 0.3) is 0 Å². The van der Waals surface area contributed by atoms with Gasteiger partial charge in [-0.2, -0.15) is 0 Å². The smallest absolute Gasteiger partial charge is 0.0866 e. The Morgan fingerprint density at radius 2 is 2.18 bits per heavy atom. The molecule has 1 saturated carbocycles. The molecule has 0 aromatic heterocycles. The molecule has 64 valence electrons. The minimum absolute atomic E-state index is 0.234. The summed E-state index contributed by atoms with van der Waals surface area (Å²) in [5.41, 5.74) is 6.37. The summed E-state index contributed by atoms with van der Waals surface area (Å²) in [6.45, 7) is 0.998. The fourth-order valence-electron chi connectivity index (χ4n) is 2.23. The van der Waals surface area contributed by atoms with Gasteiger partial charge in [0, 0.05) is 19.2 Å². The quantitative estimate of drug-likeness (QED) is 0.571. The first-order valence-corrected chi connectivity index (χ1v) is 4.20. The maximum absolute atomic E-state index is 6.05. The molecule has 11 heavy (non-hydrogen) atoms. The molecule has 1 aliphatic heterocycles. The van der Waals surface area contributed by atoms with Crippen molar-refractivity contribution in [1.29, 1.82) is 0 Å². The van der Waals surface area contributed by atoms with Crippen LogP contribution < -0.4 is 5.73 Å². The molecule has 2 N–H and O–H groups in total. The van der Waals surface area contributed by atoms with Gasteiger partial charge in [0.25, 0.3) is 0 Å². The van der Waals surface area contributed by atoms with Crippen LogP contribution in [0.2, 0.25) is 0 Å². The van der Waals surface area contributed by atoms with E-state index in [1.165, 1.54) is 12.8 Å². The van der Waals surface area contributed by atoms with Crippen LogP contribution in [0.4, 0.5) is 0 Å². The van der Waals surface area contributed by atoms with E-state index in [1.807, 2.05) is 0 Å². The molecule has 0 amide bonds. The number of rotatable bonds is 1. The molecular weight excluding hydrogens is 140 g/mol. The van der Waals surface area contributed by atoms with E-state index in [1.54, 1.807) is 7.11 Å². The second-order valence-corrected chi connectivity index (χ2v) is 3.78. The van der Waals surface area contributed by atoms with E-state index in [9.17, 15) is 0 Å². The summed E-state index contributed by atoms with van der Waals surface area (Å²) in [5.74, 6) is 0. The lowest BCUT2D eigenvalue weighted by molar-refractivity contribution is 0.0993. The zero-order chi connectivity index (χ0) is 8.06. The number of methoxy groups -OCH3 is 1. The van der Waals surface area contributed by atoms with Gasteiger partial charge in [-0.3, -0.25) is 4.90 Å². The fraction of sp³-hybridized carbons (Fsp3) is 1.00. The topological polar surface area (TPSA) is 38.5 Å². The van der Waals surface area contributed by atoms with Gasteiger partial charge in [0.1, 0.15) is 0 Å². The highest BCUT2D eigenvalue weighted by Crippen LogP contribution is 2.48. The average Bonchev–Trinajstić information content (AvgIpc) is 2.74. The molecule has 2 unspecified atom stereocenters. The van der Waals surface area contributed by atoms with Crippen LogP contribution in [0, 0.1) is 0 Å². The van der Waals surface area contributed by atoms with Crippen molar-refractivity contribution in [2.75, 3.05) is 20.7 Å². The normalized spacial score (nSPS) is 41.7. The van der Waals surface area contributed by atoms with E-state index in [4.69, 9.17) is 10.5 Å². The van der Waals surface area contributed by atoms with E-state index in [2.05, 4.69) is 11.9 Å². The Hall–Kier alpha value is -0.120. The number of nitrogens with two attached hydrogens (primary N) is 1. The molecular formula is C8H16N2O. The first-order valence-electron chi connectivity index (χ1n) is 4.20. The lowest BCUT2D eigenvalue weighted by atomic mass is 10.1. The van der Waals surface area contributed by atoms with Gasteiger partial charge in [-0.05, 0) is 19.9 Å². The third kappa shape index (κ3) is 0.849. The molecule has 0 aromatic carbocycles. The third-order valence-electron chi connectivity index (χ3n) is 3.30. The Kier molecular flexibility index (Phi) is 1.50. The zero-order valence-electron chi connectivity index (χ0n) is 7.21. The second-order valence-electron chi connectivity index (χ2n) is 3.78. The standard InChI is InChI=1S/C8H16N2O/c1-10-5-6(11-2)7(9)8(10)3-4-8/h6-7H,3-5,9H2,1-2H3. The van der Waals surface area contributed by atoms with Crippen LogP contribution in [-0.2, 0) is 4.74 Å². The molecule has 0 bridgehead atoms. The summed E-state index contributed by atoms with van der Waals surface area (Å²) in [6, 6.07) is 0.234. The molecule has 1 heterocycles. The second kappa shape index (κ2) is 2.19. The molecule has 3 nitrogen and oxygen atoms in total. The van der Waals surface area contributed by atoms with Gasteiger partial charge in [-0.15, -0.1) is 0 Å². The summed E-state index contributed by atoms with van der Waals surface area (Å²) in [4.78, 5) is 2.35. The SMILES string of the molecule is COC1CN(C)C2(CC2)C1N. The van der Waals surface area contributed by atoms with Gasteiger partial charge in [0.05, 0.1) is 12.1 Å². The highest BCUT2D eigenvalue weighted by Gasteiger charge is 2.58. The molecule has 1 saturated heterocycles. The van der Waals surface area contributed by atoms with E-state index in [0.717, 1.165) is 6.54 Å². The van der Waals surface area contributed by atoms with Crippen LogP contribution in [0.15, 0.2) is 0 Å². The van der Waals surface area contributed by atoms with Crippen LogP contribution in [-0.4, -0.2) is 43.3 Å². The number of hydrogen-bond acceptors (Lipinski definition) is 3. The van der Waals surface area contributed by atoms with Crippen molar-refractivity contribution >= 4 is 0 Å². The Bertz CT molecular complexity index is 167. The molecule has 1 spiro atoms. The van der Waals surface area contributed by atoms with E-state index in [-0.39, 0.29) is 12.1 Å². The summed E-state index contributed by atoms with van der Waals surface area (Å²) >= 11 is 0. The van der Waals surface area contributed by atoms with Gasteiger partial charge >= 0.3 is 0 Å². The number of hydrogen-bond donors (Lipinski definition) is 1. The van der Waals surface area contributed by atoms with Gasteiger partial charge in [0.2, 0.25) is 0 Å². The number of likely N-dealkylation sites (tertiary alicyclic amines) is 1. The maximum Gasteiger partial charge on any atom is 0.0866 e. The molecule has 3 heteroatoms. The molecule has 2 fully saturated rings. The number of likely N-dealkylation sites (N-methyl/N-ethyl adjacent to an activating group) is 1. The fourth-order valence-corrected chi connectivity index (χ4v) is 2.23. The summed E-state index contributed by atoms with van der Waals surface area (Å²) in [5, 5.41) is 0. The summed E-state index contributed by atoms with van der Waals surface area (Å²) in [6.07, 6.45) is 2.76. The number of nitrogens with zero attached hydrogens (tertiary/aromatic N) is 1. The van der Waals surface area contributed by atoms with Crippen molar-refractivity contribution in [1.82, 2.24) is 4.90 Å². The molecule has 2 aliphatic rings. The zero-order valence-corrected chi connectivity index (χ0v) is 7.21. The van der Waals surface area contributed by atoms with Crippen molar-refractivity contribution in [3.8, 4) is 0 Å². The van der Waals surface area contributed by atoms with Crippen molar-refractivity contribution in [2.24, 2.45) is 5.73 Å². The van der Waals surface area contributed by atoms with Gasteiger partial charge in [-0.1, -0.05) is 0 Å². The van der Waals surface area contributed by atoms with Gasteiger partial charge < -0.3 is 10.5 Å². The Morgan fingerprint density at radius 1 is 1.55 bits per heavy atom. The molecule has 0 radical (unpaired) electrons. The van der Waals surface area contributed by atoms with Gasteiger partial charge in [-0.25, -0.2) is 0 Å². The highest BCUT2D eigenvalue weighted by molar-refractivity contribution is 5.17. The Balaban J connectivity index is 2.13. The Labute approximate surface area is 67.5 Å². The lowest BCUT2D eigenvalue weighted by Gasteiger charge is -2.21. The Morgan fingerprint density at radius 3 is 2.45 bits per heavy atom. The van der Waals surface area contributed by atoms with E-state index in [0.29, 0.717) is 5.54 Å². The lowest BCUT2D eigenvalue weighted by Crippen LogP contribution is -2.43. The monoisotopic (exact) mass is 156 g/mol. The van der Waals surface area contributed by atoms with Crippen LogP contribution in [0.1, 0.15) is 12.8 Å². The largest absolute Gasteiger partial charge is 0.378 e. The van der Waals surface area contributed by atoms with Crippen LogP contribution in [0.3, 0.4) is 0 Å². The predicted octanol–water partition coefficient (Wildman–Crippen LogP) is -0.193. The highest BCUT2D eigenvalue weighted by atomic mass is 16.5. The molecule has 2 rings (SSSR count). The molecule has 2 atom stereocenters. The minimum Gasteiger partial charge on any atom is -0.378 e. The van der Waals surface area contributed by atoms with Gasteiger partial charge in [0.15, 0.2) is 0 Å². The summed E-state index contributed by atoms with van der Waals surface area (Å²) in [7, 11) is 3.89. The van der Waals surface area contributed by atoms with Crippen molar-refractivity contribution in [3.05, 3.63) is 0 Å². The van der Waals surface area contributed by atoms with Crippen molar-refractivity contribution in [2.45, 2.75) is 30.5 Å². The first-order chi connectivity index (χ1) is 5.20. The first kappa shape index (κ1) is 7.53. The van der Waals surface area contributed by atoms with Crippen LogP contribution >= 0.6 is 0 Å². The predicted molar refractivity (Wildman–Crippen MR) is 43.4 cm³/mol. The summed E-state index contributed by atoms with van der Waals surface area (Å²) < 4.78 is 5.30. The van der Waals surface area contributed by atoms with Crippen LogP contribution in [0.5, 0.6) is 0 Å². The maximum atomic E-state index is 6.05. The van der Waals surface area contributed by atoms with Crippen molar-refractivity contribution < 1.29 is 4.74 Å². The minimum atomic E-state index is 0.234. The van der Waals surface area contributed by atoms with E-state index >= 15 is 0 Å². The van der Waals surface area contributed by atoms with E-state index < -0.39 is 0 Å².